The second-order valence-corrected chi connectivity index (χ2v) is 9.80. The molecule has 1 amide bonds. The number of ether oxygens (including phenoxy) is 2. The molecule has 3 aromatic rings. The van der Waals surface area contributed by atoms with Gasteiger partial charge in [-0.25, -0.2) is 8.42 Å². The molecule has 0 aromatic heterocycles. The Morgan fingerprint density at radius 3 is 2.35 bits per heavy atom. The summed E-state index contributed by atoms with van der Waals surface area (Å²) in [4.78, 5) is 14.8. The Morgan fingerprint density at radius 2 is 1.68 bits per heavy atom. The minimum absolute atomic E-state index is 0.0382. The number of nitrogens with one attached hydrogen (secondary N) is 1. The molecule has 0 unspecified atom stereocenters. The number of methoxy groups -OCH3 is 2. The van der Waals surface area contributed by atoms with Crippen LogP contribution in [0.2, 0.25) is 0 Å². The summed E-state index contributed by atoms with van der Waals surface area (Å²) in [6.45, 7) is 4.13. The van der Waals surface area contributed by atoms with Crippen LogP contribution in [0.5, 0.6) is 11.5 Å². The van der Waals surface area contributed by atoms with Crippen molar-refractivity contribution in [3.63, 3.8) is 0 Å². The second-order valence-electron chi connectivity index (χ2n) is 8.12. The van der Waals surface area contributed by atoms with Crippen molar-refractivity contribution in [2.75, 3.05) is 32.5 Å². The number of carbonyl (C=O) groups excluding carboxylic acids is 1. The van der Waals surface area contributed by atoms with Crippen LogP contribution < -0.4 is 14.2 Å². The quantitative estimate of drug-likeness (QED) is 0.488. The Hall–Kier alpha value is -3.52. The summed E-state index contributed by atoms with van der Waals surface area (Å²) in [6, 6.07) is 17.3. The van der Waals surface area contributed by atoms with E-state index >= 15 is 0 Å². The third-order valence-electron chi connectivity index (χ3n) is 5.55. The molecule has 0 saturated carbocycles. The van der Waals surface area contributed by atoms with Crippen LogP contribution in [0.3, 0.4) is 0 Å². The van der Waals surface area contributed by atoms with Gasteiger partial charge in [0.1, 0.15) is 0 Å². The molecule has 0 aliphatic rings. The molecule has 0 aliphatic heterocycles. The van der Waals surface area contributed by atoms with Gasteiger partial charge >= 0.3 is 0 Å². The van der Waals surface area contributed by atoms with Gasteiger partial charge in [-0.15, -0.1) is 0 Å². The molecular formula is C26H30N2O5S. The van der Waals surface area contributed by atoms with Gasteiger partial charge in [-0.3, -0.25) is 9.52 Å². The van der Waals surface area contributed by atoms with Gasteiger partial charge in [0.2, 0.25) is 0 Å². The average Bonchev–Trinajstić information content (AvgIpc) is 2.81. The maximum Gasteiger partial charge on any atom is 0.261 e. The maximum absolute atomic E-state index is 13.2. The zero-order valence-corrected chi connectivity index (χ0v) is 20.9. The van der Waals surface area contributed by atoms with E-state index in [4.69, 9.17) is 9.47 Å². The van der Waals surface area contributed by atoms with Crippen LogP contribution in [0, 0.1) is 13.8 Å². The fourth-order valence-corrected chi connectivity index (χ4v) is 4.64. The third-order valence-corrected chi connectivity index (χ3v) is 6.93. The van der Waals surface area contributed by atoms with Crippen LogP contribution in [-0.2, 0) is 16.4 Å². The normalized spacial score (nSPS) is 11.1. The Kier molecular flexibility index (Phi) is 7.83. The van der Waals surface area contributed by atoms with Crippen molar-refractivity contribution in [3.05, 3.63) is 82.9 Å². The molecule has 0 atom stereocenters. The first kappa shape index (κ1) is 25.1. The first-order valence-corrected chi connectivity index (χ1v) is 12.3. The fraction of sp³-hybridized carbons (Fsp3) is 0.269. The van der Waals surface area contributed by atoms with Crippen molar-refractivity contribution < 1.29 is 22.7 Å². The van der Waals surface area contributed by atoms with Gasteiger partial charge in [0, 0.05) is 24.8 Å². The molecule has 8 heteroatoms. The molecular weight excluding hydrogens is 452 g/mol. The molecule has 7 nitrogen and oxygen atoms in total. The molecule has 0 radical (unpaired) electrons. The molecule has 1 N–H and O–H groups in total. The first-order chi connectivity index (χ1) is 16.1. The standard InChI is InChI=1S/C26H30N2O5S/c1-18-7-6-8-21(15-18)27-34(30,31)22-11-9-19(2)23(17-22)26(29)28(3)14-13-20-10-12-24(32-4)25(16-20)33-5/h6-12,15-17,27H,13-14H2,1-5H3. The van der Waals surface area contributed by atoms with E-state index in [1.807, 2.05) is 31.2 Å². The molecule has 3 rings (SSSR count). The predicted molar refractivity (Wildman–Crippen MR) is 133 cm³/mol. The second kappa shape index (κ2) is 10.6. The van der Waals surface area contributed by atoms with E-state index in [0.717, 1.165) is 11.1 Å². The number of anilines is 1. The number of sulfonamides is 1. The van der Waals surface area contributed by atoms with Gasteiger partial charge in [-0.2, -0.15) is 0 Å². The number of rotatable bonds is 9. The number of nitrogens with zero attached hydrogens (tertiary/aromatic N) is 1. The smallest absolute Gasteiger partial charge is 0.261 e. The van der Waals surface area contributed by atoms with Gasteiger partial charge in [0.05, 0.1) is 19.1 Å². The van der Waals surface area contributed by atoms with E-state index < -0.39 is 10.0 Å². The number of amides is 1. The molecule has 3 aromatic carbocycles. The Morgan fingerprint density at radius 1 is 0.941 bits per heavy atom. The number of likely N-dealkylation sites (N-methyl/N-ethyl adjacent to an activating group) is 1. The summed E-state index contributed by atoms with van der Waals surface area (Å²) >= 11 is 0. The van der Waals surface area contributed by atoms with Crippen LogP contribution in [0.25, 0.3) is 0 Å². The van der Waals surface area contributed by atoms with Crippen molar-refractivity contribution in [2.45, 2.75) is 25.2 Å². The minimum Gasteiger partial charge on any atom is -0.493 e. The van der Waals surface area contributed by atoms with Gasteiger partial charge in [0.15, 0.2) is 11.5 Å². The third kappa shape index (κ3) is 5.88. The van der Waals surface area contributed by atoms with E-state index in [0.29, 0.717) is 41.3 Å². The van der Waals surface area contributed by atoms with Gasteiger partial charge in [0.25, 0.3) is 15.9 Å². The summed E-state index contributed by atoms with van der Waals surface area (Å²) in [5.41, 5.74) is 3.46. The van der Waals surface area contributed by atoms with E-state index in [9.17, 15) is 13.2 Å². The highest BCUT2D eigenvalue weighted by atomic mass is 32.2. The van der Waals surface area contributed by atoms with E-state index in [-0.39, 0.29) is 10.8 Å². The molecule has 0 fully saturated rings. The molecule has 0 saturated heterocycles. The van der Waals surface area contributed by atoms with Gasteiger partial charge < -0.3 is 14.4 Å². The number of carbonyl (C=O) groups is 1. The Balaban J connectivity index is 1.76. The lowest BCUT2D eigenvalue weighted by molar-refractivity contribution is 0.0795. The highest BCUT2D eigenvalue weighted by Gasteiger charge is 2.20. The fourth-order valence-electron chi connectivity index (χ4n) is 3.56. The van der Waals surface area contributed by atoms with Crippen LogP contribution in [0.1, 0.15) is 27.0 Å². The van der Waals surface area contributed by atoms with Crippen molar-refractivity contribution in [1.82, 2.24) is 4.90 Å². The zero-order valence-electron chi connectivity index (χ0n) is 20.1. The molecule has 0 aliphatic carbocycles. The van der Waals surface area contributed by atoms with Crippen LogP contribution in [-0.4, -0.2) is 47.0 Å². The SMILES string of the molecule is COc1ccc(CCN(C)C(=O)c2cc(S(=O)(=O)Nc3cccc(C)c3)ccc2C)cc1OC. The molecule has 0 bridgehead atoms. The summed E-state index contributed by atoms with van der Waals surface area (Å²) in [5, 5.41) is 0. The Labute approximate surface area is 201 Å². The summed E-state index contributed by atoms with van der Waals surface area (Å²) < 4.78 is 39.1. The van der Waals surface area contributed by atoms with Crippen molar-refractivity contribution in [3.8, 4) is 11.5 Å². The number of aryl methyl sites for hydroxylation is 2. The molecule has 180 valence electrons. The summed E-state index contributed by atoms with van der Waals surface area (Å²) in [6.07, 6.45) is 0.606. The highest BCUT2D eigenvalue weighted by molar-refractivity contribution is 7.92. The van der Waals surface area contributed by atoms with Crippen molar-refractivity contribution >= 4 is 21.6 Å². The van der Waals surface area contributed by atoms with Crippen LogP contribution >= 0.6 is 0 Å². The number of hydrogen-bond acceptors (Lipinski definition) is 5. The minimum atomic E-state index is -3.84. The number of hydrogen-bond donors (Lipinski definition) is 1. The lowest BCUT2D eigenvalue weighted by atomic mass is 10.1. The van der Waals surface area contributed by atoms with Gasteiger partial charge in [-0.1, -0.05) is 24.3 Å². The van der Waals surface area contributed by atoms with Crippen molar-refractivity contribution in [1.29, 1.82) is 0 Å². The Bertz CT molecular complexity index is 1290. The van der Waals surface area contributed by atoms with E-state index in [1.54, 1.807) is 57.4 Å². The van der Waals surface area contributed by atoms with Gasteiger partial charge in [-0.05, 0) is 73.4 Å². The van der Waals surface area contributed by atoms with E-state index in [1.165, 1.54) is 12.1 Å². The predicted octanol–water partition coefficient (Wildman–Crippen LogP) is 4.44. The summed E-state index contributed by atoms with van der Waals surface area (Å²) in [7, 11) is 1.02. The van der Waals surface area contributed by atoms with Crippen LogP contribution in [0.15, 0.2) is 65.6 Å². The molecule has 34 heavy (non-hydrogen) atoms. The summed E-state index contributed by atoms with van der Waals surface area (Å²) in [5.74, 6) is 1.03. The monoisotopic (exact) mass is 482 g/mol. The zero-order chi connectivity index (χ0) is 24.9. The largest absolute Gasteiger partial charge is 0.493 e. The maximum atomic E-state index is 13.2. The molecule has 0 spiro atoms. The first-order valence-electron chi connectivity index (χ1n) is 10.8. The average molecular weight is 483 g/mol. The highest BCUT2D eigenvalue weighted by Crippen LogP contribution is 2.28. The molecule has 0 heterocycles. The number of benzene rings is 3. The topological polar surface area (TPSA) is 84.9 Å². The lowest BCUT2D eigenvalue weighted by Gasteiger charge is -2.19. The van der Waals surface area contributed by atoms with E-state index in [2.05, 4.69) is 4.72 Å². The van der Waals surface area contributed by atoms with Crippen LogP contribution in [0.4, 0.5) is 5.69 Å². The van der Waals surface area contributed by atoms with Crippen molar-refractivity contribution in [2.24, 2.45) is 0 Å². The lowest BCUT2D eigenvalue weighted by Crippen LogP contribution is -2.29.